The van der Waals surface area contributed by atoms with E-state index in [9.17, 15) is 0 Å². The molecule has 2 rings (SSSR count). The van der Waals surface area contributed by atoms with E-state index < -0.39 is 0 Å². The van der Waals surface area contributed by atoms with Crippen LogP contribution >= 0.6 is 0 Å². The van der Waals surface area contributed by atoms with Crippen molar-refractivity contribution in [2.45, 2.75) is 20.8 Å². The molecule has 0 radical (unpaired) electrons. The first-order valence-corrected chi connectivity index (χ1v) is 4.39. The van der Waals surface area contributed by atoms with Crippen LogP contribution in [0, 0.1) is 20.8 Å². The highest BCUT2D eigenvalue weighted by Crippen LogP contribution is 2.19. The second-order valence-electron chi connectivity index (χ2n) is 3.42. The maximum absolute atomic E-state index is 4.10. The molecule has 2 nitrogen and oxygen atoms in total. The molecular formula is C11H12N2. The topological polar surface area (TPSA) is 25.8 Å². The Balaban J connectivity index is 2.92. The molecule has 1 aromatic heterocycles. The normalized spacial score (nSPS) is 10.7. The minimum atomic E-state index is 1.00. The van der Waals surface area contributed by atoms with Crippen LogP contribution in [-0.4, -0.2) is 10.2 Å². The van der Waals surface area contributed by atoms with Crippen LogP contribution in [0.5, 0.6) is 0 Å². The van der Waals surface area contributed by atoms with Crippen molar-refractivity contribution in [2.75, 3.05) is 0 Å². The second kappa shape index (κ2) is 2.80. The van der Waals surface area contributed by atoms with Crippen molar-refractivity contribution in [1.29, 1.82) is 0 Å². The first kappa shape index (κ1) is 8.17. The molecule has 0 saturated carbocycles. The number of benzene rings is 1. The summed E-state index contributed by atoms with van der Waals surface area (Å²) >= 11 is 0. The van der Waals surface area contributed by atoms with Crippen LogP contribution in [0.1, 0.15) is 17.0 Å². The lowest BCUT2D eigenvalue weighted by Gasteiger charge is -2.03. The molecule has 0 amide bonds. The number of aromatic nitrogens is 2. The van der Waals surface area contributed by atoms with Crippen molar-refractivity contribution in [1.82, 2.24) is 10.2 Å². The van der Waals surface area contributed by atoms with Crippen molar-refractivity contribution in [2.24, 2.45) is 0 Å². The zero-order valence-corrected chi connectivity index (χ0v) is 8.13. The molecule has 0 atom stereocenters. The van der Waals surface area contributed by atoms with Gasteiger partial charge < -0.3 is 0 Å². The van der Waals surface area contributed by atoms with E-state index in [0.29, 0.717) is 0 Å². The molecule has 0 bridgehead atoms. The number of nitrogens with zero attached hydrogens (tertiary/aromatic N) is 2. The lowest BCUT2D eigenvalue weighted by molar-refractivity contribution is 0.964. The molecule has 1 heterocycles. The first-order chi connectivity index (χ1) is 6.18. The molecule has 66 valence electrons. The highest BCUT2D eigenvalue weighted by molar-refractivity contribution is 5.86. The first-order valence-electron chi connectivity index (χ1n) is 4.39. The standard InChI is InChI=1S/C11H12N2/c1-7-4-5-10-8(2)12-13-9(3)11(10)6-7/h4-6H,1-3H3. The summed E-state index contributed by atoms with van der Waals surface area (Å²) in [7, 11) is 0. The van der Waals surface area contributed by atoms with Gasteiger partial charge in [0, 0.05) is 10.8 Å². The third kappa shape index (κ3) is 1.28. The molecule has 1 aromatic carbocycles. The summed E-state index contributed by atoms with van der Waals surface area (Å²) in [4.78, 5) is 0. The van der Waals surface area contributed by atoms with Gasteiger partial charge in [-0.05, 0) is 26.8 Å². The van der Waals surface area contributed by atoms with Gasteiger partial charge in [-0.2, -0.15) is 10.2 Å². The molecule has 0 unspecified atom stereocenters. The van der Waals surface area contributed by atoms with E-state index in [0.717, 1.165) is 11.4 Å². The molecule has 0 spiro atoms. The third-order valence-corrected chi connectivity index (χ3v) is 2.30. The minimum Gasteiger partial charge on any atom is -0.155 e. The zero-order valence-electron chi connectivity index (χ0n) is 8.13. The molecule has 0 aliphatic rings. The molecule has 0 fully saturated rings. The van der Waals surface area contributed by atoms with Crippen molar-refractivity contribution >= 4 is 10.8 Å². The summed E-state index contributed by atoms with van der Waals surface area (Å²) in [5, 5.41) is 10.6. The average molecular weight is 172 g/mol. The SMILES string of the molecule is Cc1ccc2c(C)nnc(C)c2c1. The van der Waals surface area contributed by atoms with E-state index >= 15 is 0 Å². The Morgan fingerprint density at radius 1 is 0.846 bits per heavy atom. The van der Waals surface area contributed by atoms with Gasteiger partial charge in [0.1, 0.15) is 0 Å². The monoisotopic (exact) mass is 172 g/mol. The van der Waals surface area contributed by atoms with Crippen molar-refractivity contribution in [3.8, 4) is 0 Å². The Hall–Kier alpha value is -1.44. The average Bonchev–Trinajstić information content (AvgIpc) is 2.12. The van der Waals surface area contributed by atoms with Crippen LogP contribution in [0.15, 0.2) is 18.2 Å². The zero-order chi connectivity index (χ0) is 9.42. The van der Waals surface area contributed by atoms with Gasteiger partial charge >= 0.3 is 0 Å². The maximum atomic E-state index is 4.10. The quantitative estimate of drug-likeness (QED) is 0.610. The third-order valence-electron chi connectivity index (χ3n) is 2.30. The number of fused-ring (bicyclic) bond motifs is 1. The Labute approximate surface area is 77.6 Å². The summed E-state index contributed by atoms with van der Waals surface area (Å²) in [6.45, 7) is 6.08. The van der Waals surface area contributed by atoms with Gasteiger partial charge in [-0.25, -0.2) is 0 Å². The highest BCUT2D eigenvalue weighted by atomic mass is 15.1. The fourth-order valence-corrected chi connectivity index (χ4v) is 1.53. The van der Waals surface area contributed by atoms with Gasteiger partial charge in [-0.1, -0.05) is 17.7 Å². The summed E-state index contributed by atoms with van der Waals surface area (Å²) < 4.78 is 0. The minimum absolute atomic E-state index is 1.00. The fourth-order valence-electron chi connectivity index (χ4n) is 1.53. The number of hydrogen-bond acceptors (Lipinski definition) is 2. The van der Waals surface area contributed by atoms with Crippen LogP contribution in [0.3, 0.4) is 0 Å². The second-order valence-corrected chi connectivity index (χ2v) is 3.42. The van der Waals surface area contributed by atoms with Crippen molar-refractivity contribution in [3.05, 3.63) is 35.2 Å². The van der Waals surface area contributed by atoms with E-state index in [2.05, 4.69) is 35.3 Å². The summed E-state index contributed by atoms with van der Waals surface area (Å²) in [5.74, 6) is 0. The van der Waals surface area contributed by atoms with E-state index in [1.807, 2.05) is 13.8 Å². The Kier molecular flexibility index (Phi) is 1.76. The molecule has 0 saturated heterocycles. The Morgan fingerprint density at radius 2 is 1.46 bits per heavy atom. The van der Waals surface area contributed by atoms with Crippen LogP contribution < -0.4 is 0 Å². The maximum Gasteiger partial charge on any atom is 0.0678 e. The molecule has 0 aliphatic heterocycles. The number of aryl methyl sites for hydroxylation is 3. The summed E-state index contributed by atoms with van der Waals surface area (Å²) in [6.07, 6.45) is 0. The van der Waals surface area contributed by atoms with Gasteiger partial charge in [0.05, 0.1) is 11.4 Å². The fraction of sp³-hybridized carbons (Fsp3) is 0.273. The van der Waals surface area contributed by atoms with Crippen LogP contribution in [0.2, 0.25) is 0 Å². The smallest absolute Gasteiger partial charge is 0.0678 e. The van der Waals surface area contributed by atoms with E-state index in [4.69, 9.17) is 0 Å². The van der Waals surface area contributed by atoms with Gasteiger partial charge in [-0.3, -0.25) is 0 Å². The van der Waals surface area contributed by atoms with E-state index in [1.54, 1.807) is 0 Å². The van der Waals surface area contributed by atoms with Gasteiger partial charge in [0.25, 0.3) is 0 Å². The molecule has 2 aromatic rings. The Morgan fingerprint density at radius 3 is 2.15 bits per heavy atom. The predicted molar refractivity (Wildman–Crippen MR) is 53.7 cm³/mol. The summed E-state index contributed by atoms with van der Waals surface area (Å²) in [6, 6.07) is 6.38. The van der Waals surface area contributed by atoms with E-state index in [-0.39, 0.29) is 0 Å². The van der Waals surface area contributed by atoms with Crippen LogP contribution in [0.25, 0.3) is 10.8 Å². The van der Waals surface area contributed by atoms with Crippen molar-refractivity contribution in [3.63, 3.8) is 0 Å². The highest BCUT2D eigenvalue weighted by Gasteiger charge is 2.02. The van der Waals surface area contributed by atoms with Gasteiger partial charge in [0.2, 0.25) is 0 Å². The summed E-state index contributed by atoms with van der Waals surface area (Å²) in [5.41, 5.74) is 3.27. The van der Waals surface area contributed by atoms with Gasteiger partial charge in [0.15, 0.2) is 0 Å². The van der Waals surface area contributed by atoms with Crippen LogP contribution in [-0.2, 0) is 0 Å². The molecule has 0 N–H and O–H groups in total. The lowest BCUT2D eigenvalue weighted by Crippen LogP contribution is -1.92. The molecule has 13 heavy (non-hydrogen) atoms. The predicted octanol–water partition coefficient (Wildman–Crippen LogP) is 2.56. The number of hydrogen-bond donors (Lipinski definition) is 0. The largest absolute Gasteiger partial charge is 0.155 e. The molecule has 2 heteroatoms. The number of rotatable bonds is 0. The molecular weight excluding hydrogens is 160 g/mol. The molecule has 0 aliphatic carbocycles. The lowest BCUT2D eigenvalue weighted by atomic mass is 10.1. The van der Waals surface area contributed by atoms with Gasteiger partial charge in [-0.15, -0.1) is 0 Å². The van der Waals surface area contributed by atoms with Crippen molar-refractivity contribution < 1.29 is 0 Å². The Bertz CT molecular complexity index is 461. The van der Waals surface area contributed by atoms with E-state index in [1.165, 1.54) is 16.3 Å². The van der Waals surface area contributed by atoms with Crippen LogP contribution in [0.4, 0.5) is 0 Å².